The SMILES string of the molecule is CNC(=O)CCn1c(SCC(=O)O)nc2sccc2c1=O. The number of aromatic nitrogens is 2. The van der Waals surface area contributed by atoms with E-state index in [1.165, 1.54) is 23.0 Å². The predicted octanol–water partition coefficient (Wildman–Crippen LogP) is 0.771. The average molecular weight is 327 g/mol. The van der Waals surface area contributed by atoms with Gasteiger partial charge in [0.15, 0.2) is 5.16 Å². The molecule has 2 N–H and O–H groups in total. The molecule has 0 spiro atoms. The summed E-state index contributed by atoms with van der Waals surface area (Å²) in [4.78, 5) is 39.3. The maximum atomic E-state index is 12.4. The molecule has 0 atom stereocenters. The smallest absolute Gasteiger partial charge is 0.313 e. The Morgan fingerprint density at radius 3 is 2.95 bits per heavy atom. The molecule has 2 aromatic heterocycles. The second-order valence-corrected chi connectivity index (χ2v) is 5.93. The molecule has 21 heavy (non-hydrogen) atoms. The van der Waals surface area contributed by atoms with E-state index in [1.54, 1.807) is 11.4 Å². The summed E-state index contributed by atoms with van der Waals surface area (Å²) in [5, 5.41) is 13.8. The monoisotopic (exact) mass is 327 g/mol. The Kier molecular flexibility index (Phi) is 4.97. The van der Waals surface area contributed by atoms with Gasteiger partial charge in [-0.05, 0) is 11.4 Å². The third kappa shape index (κ3) is 3.61. The number of nitrogens with one attached hydrogen (secondary N) is 1. The maximum absolute atomic E-state index is 12.4. The lowest BCUT2D eigenvalue weighted by Crippen LogP contribution is -2.27. The number of fused-ring (bicyclic) bond motifs is 1. The van der Waals surface area contributed by atoms with Crippen molar-refractivity contribution < 1.29 is 14.7 Å². The second kappa shape index (κ2) is 6.72. The Bertz CT molecular complexity index is 738. The minimum atomic E-state index is -0.988. The number of aliphatic carboxylic acids is 1. The van der Waals surface area contributed by atoms with Crippen molar-refractivity contribution in [3.8, 4) is 0 Å². The van der Waals surface area contributed by atoms with E-state index in [4.69, 9.17) is 5.11 Å². The van der Waals surface area contributed by atoms with Crippen molar-refractivity contribution in [3.63, 3.8) is 0 Å². The van der Waals surface area contributed by atoms with Crippen molar-refractivity contribution in [2.75, 3.05) is 12.8 Å². The highest BCUT2D eigenvalue weighted by molar-refractivity contribution is 7.99. The summed E-state index contributed by atoms with van der Waals surface area (Å²) < 4.78 is 1.36. The fourth-order valence-corrected chi connectivity index (χ4v) is 3.25. The van der Waals surface area contributed by atoms with Crippen molar-refractivity contribution in [2.45, 2.75) is 18.1 Å². The normalized spacial score (nSPS) is 10.7. The van der Waals surface area contributed by atoms with Crippen LogP contribution in [0.3, 0.4) is 0 Å². The van der Waals surface area contributed by atoms with E-state index in [0.717, 1.165) is 11.8 Å². The van der Waals surface area contributed by atoms with Crippen molar-refractivity contribution in [1.29, 1.82) is 0 Å². The van der Waals surface area contributed by atoms with E-state index in [0.29, 0.717) is 15.4 Å². The first-order valence-electron chi connectivity index (χ1n) is 6.06. The second-order valence-electron chi connectivity index (χ2n) is 4.10. The van der Waals surface area contributed by atoms with E-state index in [1.807, 2.05) is 0 Å². The molecule has 7 nitrogen and oxygen atoms in total. The van der Waals surface area contributed by atoms with Gasteiger partial charge in [-0.1, -0.05) is 11.8 Å². The van der Waals surface area contributed by atoms with E-state index >= 15 is 0 Å². The Labute approximate surface area is 128 Å². The maximum Gasteiger partial charge on any atom is 0.313 e. The number of carbonyl (C=O) groups excluding carboxylic acids is 1. The highest BCUT2D eigenvalue weighted by atomic mass is 32.2. The molecule has 2 heterocycles. The van der Waals surface area contributed by atoms with Crippen molar-refractivity contribution in [3.05, 3.63) is 21.8 Å². The first-order chi connectivity index (χ1) is 10.0. The van der Waals surface area contributed by atoms with Crippen LogP contribution in [0.1, 0.15) is 6.42 Å². The number of hydrogen-bond donors (Lipinski definition) is 2. The molecule has 0 unspecified atom stereocenters. The van der Waals surface area contributed by atoms with Crippen LogP contribution in [0.2, 0.25) is 0 Å². The molecule has 0 saturated carbocycles. The molecule has 0 aromatic carbocycles. The van der Waals surface area contributed by atoms with Crippen LogP contribution in [0.5, 0.6) is 0 Å². The molecule has 0 radical (unpaired) electrons. The van der Waals surface area contributed by atoms with E-state index in [-0.39, 0.29) is 30.2 Å². The van der Waals surface area contributed by atoms with Crippen LogP contribution < -0.4 is 10.9 Å². The molecule has 112 valence electrons. The van der Waals surface area contributed by atoms with Gasteiger partial charge in [0.1, 0.15) is 4.83 Å². The van der Waals surface area contributed by atoms with Gasteiger partial charge in [-0.25, -0.2) is 4.98 Å². The molecule has 9 heteroatoms. The molecule has 1 amide bonds. The number of carboxylic acids is 1. The Balaban J connectivity index is 2.39. The standard InChI is InChI=1S/C12H13N3O4S2/c1-13-8(16)2-4-15-11(19)7-3-5-20-10(7)14-12(15)21-6-9(17)18/h3,5H,2,4,6H2,1H3,(H,13,16)(H,17,18). The first-order valence-corrected chi connectivity index (χ1v) is 7.92. The van der Waals surface area contributed by atoms with Gasteiger partial charge in [0.25, 0.3) is 5.56 Å². The zero-order valence-electron chi connectivity index (χ0n) is 11.2. The highest BCUT2D eigenvalue weighted by Crippen LogP contribution is 2.21. The Hall–Kier alpha value is -1.87. The summed E-state index contributed by atoms with van der Waals surface area (Å²) in [5.41, 5.74) is -0.252. The van der Waals surface area contributed by atoms with Gasteiger partial charge >= 0.3 is 5.97 Å². The summed E-state index contributed by atoms with van der Waals surface area (Å²) in [6.45, 7) is 0.166. The number of carbonyl (C=O) groups is 2. The summed E-state index contributed by atoms with van der Waals surface area (Å²) in [7, 11) is 1.52. The van der Waals surface area contributed by atoms with Crippen LogP contribution in [0.25, 0.3) is 10.2 Å². The number of hydrogen-bond acceptors (Lipinski definition) is 6. The van der Waals surface area contributed by atoms with Gasteiger partial charge in [-0.15, -0.1) is 11.3 Å². The summed E-state index contributed by atoms with van der Waals surface area (Å²) in [6, 6.07) is 1.68. The largest absolute Gasteiger partial charge is 0.481 e. The lowest BCUT2D eigenvalue weighted by Gasteiger charge is -2.10. The van der Waals surface area contributed by atoms with Gasteiger partial charge in [0.05, 0.1) is 11.1 Å². The zero-order chi connectivity index (χ0) is 15.4. The van der Waals surface area contributed by atoms with Crippen LogP contribution in [-0.4, -0.2) is 39.3 Å². The molecular formula is C12H13N3O4S2. The van der Waals surface area contributed by atoms with Gasteiger partial charge in [-0.2, -0.15) is 0 Å². The molecule has 0 aliphatic heterocycles. The number of amides is 1. The third-order valence-corrected chi connectivity index (χ3v) is 4.48. The summed E-state index contributed by atoms with van der Waals surface area (Å²) in [6.07, 6.45) is 0.133. The number of carboxylic acid groups (broad SMARTS) is 1. The van der Waals surface area contributed by atoms with Crippen LogP contribution in [0.15, 0.2) is 21.4 Å². The Morgan fingerprint density at radius 2 is 2.29 bits per heavy atom. The summed E-state index contributed by atoms with van der Waals surface area (Å²) >= 11 is 2.30. The van der Waals surface area contributed by atoms with Gasteiger partial charge in [-0.3, -0.25) is 19.0 Å². The van der Waals surface area contributed by atoms with Gasteiger partial charge < -0.3 is 10.4 Å². The van der Waals surface area contributed by atoms with Crippen LogP contribution in [0.4, 0.5) is 0 Å². The lowest BCUT2D eigenvalue weighted by molar-refractivity contribution is -0.134. The van der Waals surface area contributed by atoms with E-state index < -0.39 is 5.97 Å². The van der Waals surface area contributed by atoms with E-state index in [2.05, 4.69) is 10.3 Å². The minimum Gasteiger partial charge on any atom is -0.481 e. The van der Waals surface area contributed by atoms with Gasteiger partial charge in [0, 0.05) is 20.0 Å². The van der Waals surface area contributed by atoms with Crippen LogP contribution in [0, 0.1) is 0 Å². The fraction of sp³-hybridized carbons (Fsp3) is 0.333. The Morgan fingerprint density at radius 1 is 1.52 bits per heavy atom. The van der Waals surface area contributed by atoms with Crippen LogP contribution >= 0.6 is 23.1 Å². The molecule has 2 aromatic rings. The molecule has 0 aliphatic carbocycles. The van der Waals surface area contributed by atoms with Crippen LogP contribution in [-0.2, 0) is 16.1 Å². The minimum absolute atomic E-state index is 0.133. The van der Waals surface area contributed by atoms with E-state index in [9.17, 15) is 14.4 Å². The summed E-state index contributed by atoms with van der Waals surface area (Å²) in [5.74, 6) is -1.37. The third-order valence-electron chi connectivity index (χ3n) is 2.71. The predicted molar refractivity (Wildman–Crippen MR) is 80.9 cm³/mol. The molecule has 0 saturated heterocycles. The van der Waals surface area contributed by atoms with Crippen molar-refractivity contribution in [1.82, 2.24) is 14.9 Å². The quantitative estimate of drug-likeness (QED) is 0.600. The van der Waals surface area contributed by atoms with Gasteiger partial charge in [0.2, 0.25) is 5.91 Å². The number of thioether (sulfide) groups is 1. The molecule has 2 rings (SSSR count). The van der Waals surface area contributed by atoms with Crippen molar-refractivity contribution >= 4 is 45.2 Å². The fourth-order valence-electron chi connectivity index (χ4n) is 1.70. The van der Waals surface area contributed by atoms with Crippen molar-refractivity contribution in [2.24, 2.45) is 0 Å². The number of nitrogens with zero attached hydrogens (tertiary/aromatic N) is 2. The molecule has 0 aliphatic rings. The number of rotatable bonds is 6. The first kappa shape index (κ1) is 15.5. The molecular weight excluding hydrogens is 314 g/mol. The number of thiophene rings is 1. The lowest BCUT2D eigenvalue weighted by atomic mass is 10.3. The molecule has 0 fully saturated rings. The molecule has 0 bridgehead atoms. The topological polar surface area (TPSA) is 101 Å². The average Bonchev–Trinajstić information content (AvgIpc) is 2.92. The zero-order valence-corrected chi connectivity index (χ0v) is 12.8. The highest BCUT2D eigenvalue weighted by Gasteiger charge is 2.14.